The van der Waals surface area contributed by atoms with Crippen molar-refractivity contribution in [1.29, 1.82) is 0 Å². The molecule has 56 heavy (non-hydrogen) atoms. The maximum Gasteiger partial charge on any atom is 0.412 e. The summed E-state index contributed by atoms with van der Waals surface area (Å²) >= 11 is 0. The first-order valence-corrected chi connectivity index (χ1v) is 20.4. The van der Waals surface area contributed by atoms with Gasteiger partial charge in [-0.3, -0.25) is 4.79 Å². The van der Waals surface area contributed by atoms with Crippen LogP contribution in [0.5, 0.6) is 17.2 Å². The molecule has 0 aromatic heterocycles. The van der Waals surface area contributed by atoms with E-state index in [1.54, 1.807) is 19.3 Å². The molecule has 1 heterocycles. The van der Waals surface area contributed by atoms with Gasteiger partial charge in [-0.15, -0.1) is 6.58 Å². The zero-order valence-electron chi connectivity index (χ0n) is 33.5. The van der Waals surface area contributed by atoms with Gasteiger partial charge in [0.25, 0.3) is 0 Å². The molecular weight excluding hydrogens is 714 g/mol. The molecule has 3 aliphatic rings. The minimum absolute atomic E-state index is 0.0438. The minimum atomic E-state index is -1.37. The number of carbonyl (C=O) groups is 2. The molecule has 5 rings (SSSR count). The Morgan fingerprint density at radius 2 is 1.84 bits per heavy atom. The summed E-state index contributed by atoms with van der Waals surface area (Å²) < 4.78 is 25.5. The van der Waals surface area contributed by atoms with Crippen molar-refractivity contribution >= 4 is 17.7 Å². The lowest BCUT2D eigenvalue weighted by Gasteiger charge is -2.60. The van der Waals surface area contributed by atoms with E-state index in [1.807, 2.05) is 55.1 Å². The van der Waals surface area contributed by atoms with Gasteiger partial charge >= 0.3 is 6.09 Å². The molecule has 0 spiro atoms. The summed E-state index contributed by atoms with van der Waals surface area (Å²) in [5, 5.41) is 27.1. The van der Waals surface area contributed by atoms with Crippen molar-refractivity contribution in [1.82, 2.24) is 10.2 Å². The summed E-state index contributed by atoms with van der Waals surface area (Å²) in [5.41, 5.74) is 3.40. The number of hydrogen-bond donors (Lipinski definition) is 3. The molecule has 6 unspecified atom stereocenters. The van der Waals surface area contributed by atoms with Crippen molar-refractivity contribution < 1.29 is 43.6 Å². The van der Waals surface area contributed by atoms with Crippen LogP contribution in [0.25, 0.3) is 0 Å². The number of aliphatic hydroxyl groups excluding tert-OH is 2. The normalized spacial score (nSPS) is 24.2. The average Bonchev–Trinajstić information content (AvgIpc) is 3.20. The fourth-order valence-electron chi connectivity index (χ4n) is 8.90. The van der Waals surface area contributed by atoms with Gasteiger partial charge in [0, 0.05) is 44.2 Å². The third-order valence-corrected chi connectivity index (χ3v) is 11.1. The summed E-state index contributed by atoms with van der Waals surface area (Å²) in [5.74, 6) is -0.353. The molecule has 2 aromatic rings. The molecule has 3 N–H and O–H groups in total. The van der Waals surface area contributed by atoms with E-state index in [2.05, 4.69) is 24.9 Å². The number of oxime groups is 1. The number of fused-ring (bicyclic) bond motifs is 2. The first kappa shape index (κ1) is 42.7. The van der Waals surface area contributed by atoms with Crippen LogP contribution in [-0.4, -0.2) is 91.3 Å². The van der Waals surface area contributed by atoms with Gasteiger partial charge in [-0.1, -0.05) is 49.2 Å². The number of nitrogens with one attached hydrogen (secondary N) is 1. The predicted molar refractivity (Wildman–Crippen MR) is 215 cm³/mol. The number of ether oxygens (including phenoxy) is 4. The molecule has 2 amide bonds. The molecule has 1 saturated carbocycles. The molecule has 306 valence electrons. The van der Waals surface area contributed by atoms with Gasteiger partial charge < -0.3 is 44.2 Å². The lowest BCUT2D eigenvalue weighted by molar-refractivity contribution is -0.257. The van der Waals surface area contributed by atoms with Gasteiger partial charge in [-0.2, -0.15) is 0 Å². The number of allylic oxidation sites excluding steroid dienone is 1. The zero-order chi connectivity index (χ0) is 40.1. The lowest BCUT2D eigenvalue weighted by atomic mass is 9.55. The first-order valence-electron chi connectivity index (χ1n) is 20.4. The molecule has 0 saturated heterocycles. The van der Waals surface area contributed by atoms with E-state index in [1.165, 1.54) is 0 Å². The average molecular weight is 776 g/mol. The molecule has 12 nitrogen and oxygen atoms in total. The third-order valence-electron chi connectivity index (χ3n) is 11.1. The summed E-state index contributed by atoms with van der Waals surface area (Å²) in [6.45, 7) is 11.4. The number of benzene rings is 2. The second-order valence-electron chi connectivity index (χ2n) is 14.7. The van der Waals surface area contributed by atoms with Gasteiger partial charge in [0.1, 0.15) is 29.9 Å². The number of unbranched alkanes of at least 4 members (excludes halogenated alkanes) is 2. The largest absolute Gasteiger partial charge is 0.497 e. The van der Waals surface area contributed by atoms with Gasteiger partial charge in [-0.25, -0.2) is 4.79 Å². The third kappa shape index (κ3) is 9.58. The topological polar surface area (TPSA) is 148 Å². The van der Waals surface area contributed by atoms with Crippen molar-refractivity contribution in [2.75, 3.05) is 46.6 Å². The predicted octanol–water partition coefficient (Wildman–Crippen LogP) is 6.94. The number of aliphatic hydroxyl groups is 2. The summed E-state index contributed by atoms with van der Waals surface area (Å²) in [6, 6.07) is 12.4. The Kier molecular flexibility index (Phi) is 15.8. The van der Waals surface area contributed by atoms with E-state index in [0.717, 1.165) is 48.1 Å². The Morgan fingerprint density at radius 3 is 2.54 bits per heavy atom. The Labute approximate surface area is 331 Å². The van der Waals surface area contributed by atoms with Crippen LogP contribution < -0.4 is 19.5 Å². The number of hydrogen-bond acceptors (Lipinski definition) is 10. The maximum absolute atomic E-state index is 14.7. The van der Waals surface area contributed by atoms with E-state index < -0.39 is 23.8 Å². The van der Waals surface area contributed by atoms with Crippen LogP contribution in [0.4, 0.5) is 4.79 Å². The summed E-state index contributed by atoms with van der Waals surface area (Å²) in [7, 11) is 1.61. The fourth-order valence-corrected chi connectivity index (χ4v) is 8.90. The van der Waals surface area contributed by atoms with Gasteiger partial charge in [0.05, 0.1) is 31.8 Å². The zero-order valence-corrected chi connectivity index (χ0v) is 33.5. The van der Waals surface area contributed by atoms with Gasteiger partial charge in [-0.05, 0) is 99.3 Å². The van der Waals surface area contributed by atoms with Crippen LogP contribution in [0.15, 0.2) is 71.9 Å². The van der Waals surface area contributed by atoms with E-state index in [9.17, 15) is 19.8 Å². The van der Waals surface area contributed by atoms with E-state index in [0.29, 0.717) is 62.6 Å². The minimum Gasteiger partial charge on any atom is -0.497 e. The van der Waals surface area contributed by atoms with Crippen LogP contribution in [-0.2, 0) is 20.8 Å². The van der Waals surface area contributed by atoms with Crippen LogP contribution >= 0.6 is 0 Å². The number of amides is 2. The molecule has 6 atom stereocenters. The monoisotopic (exact) mass is 775 g/mol. The number of nitrogens with zero attached hydrogens (tertiary/aromatic N) is 2. The lowest BCUT2D eigenvalue weighted by Crippen LogP contribution is -2.70. The Hall–Kier alpha value is -4.39. The maximum atomic E-state index is 14.7. The molecule has 2 aromatic carbocycles. The highest BCUT2D eigenvalue weighted by Crippen LogP contribution is 2.62. The number of rotatable bonds is 21. The van der Waals surface area contributed by atoms with Crippen molar-refractivity contribution in [2.24, 2.45) is 22.9 Å². The number of methoxy groups -OCH3 is 1. The van der Waals surface area contributed by atoms with E-state index >= 15 is 0 Å². The molecule has 0 bridgehead atoms. The Balaban J connectivity index is 1.75. The number of carbonyl (C=O) groups excluding carboxylic acids is 2. The summed E-state index contributed by atoms with van der Waals surface area (Å²) in [4.78, 5) is 35.1. The smallest absolute Gasteiger partial charge is 0.412 e. The molecule has 12 heteroatoms. The SMILES string of the molecule is C=CCOC12Oc3ccc(OC(=O)NCC)cc3C3C(CCCCO)C(CCCCO)C=C(C(=NOCC)CC1N(CCC)C(=O)Cc1cccc(OC)c1)C32. The first-order chi connectivity index (χ1) is 27.3. The second kappa shape index (κ2) is 20.7. The Morgan fingerprint density at radius 1 is 1.05 bits per heavy atom. The fraction of sp³-hybridized carbons (Fsp3) is 0.568. The van der Waals surface area contributed by atoms with Crippen molar-refractivity contribution in [3.63, 3.8) is 0 Å². The second-order valence-corrected chi connectivity index (χ2v) is 14.7. The van der Waals surface area contributed by atoms with Gasteiger partial charge in [0.2, 0.25) is 11.7 Å². The van der Waals surface area contributed by atoms with E-state index in [-0.39, 0.29) is 49.9 Å². The Bertz CT molecular complexity index is 1700. The summed E-state index contributed by atoms with van der Waals surface area (Å²) in [6.07, 6.45) is 9.20. The highest BCUT2D eigenvalue weighted by molar-refractivity contribution is 6.03. The van der Waals surface area contributed by atoms with Crippen molar-refractivity contribution in [2.45, 2.75) is 96.3 Å². The standard InChI is InChI=1S/C44H61N3O9/c1-6-21-47(40(50)26-30-15-14-17-32(25-30)52-5)39-29-37(46-54-9-4)35-27-31(16-10-12-22-48)34(18-11-13-23-49)41-36-28-33(55-43(51)45-8-3)19-20-38(36)56-44(39,42(35)41)53-24-7-2/h7,14-15,17,19-20,25,27-28,31,34,39,41-42,48-49H,2,6,8-13,16,18,21-24,26,29H2,1,3-5H3,(H,45,51). The molecular formula is C44H61N3O9. The van der Waals surface area contributed by atoms with Crippen molar-refractivity contribution in [3.05, 3.63) is 77.9 Å². The molecule has 1 fully saturated rings. The molecule has 1 aliphatic heterocycles. The highest BCUT2D eigenvalue weighted by atomic mass is 16.7. The van der Waals surface area contributed by atoms with E-state index in [4.69, 9.17) is 28.9 Å². The van der Waals surface area contributed by atoms with Crippen LogP contribution in [0.2, 0.25) is 0 Å². The van der Waals surface area contributed by atoms with Crippen molar-refractivity contribution in [3.8, 4) is 17.2 Å². The quantitative estimate of drug-likeness (QED) is 0.0697. The van der Waals surface area contributed by atoms with Crippen LogP contribution in [0, 0.1) is 17.8 Å². The van der Waals surface area contributed by atoms with Crippen LogP contribution in [0.1, 0.15) is 89.2 Å². The van der Waals surface area contributed by atoms with Crippen LogP contribution in [0.3, 0.4) is 0 Å². The molecule has 2 aliphatic carbocycles. The highest BCUT2D eigenvalue weighted by Gasteiger charge is 2.65. The molecule has 0 radical (unpaired) electrons. The van der Waals surface area contributed by atoms with Gasteiger partial charge in [0.15, 0.2) is 0 Å².